The lowest BCUT2D eigenvalue weighted by molar-refractivity contribution is 1.00. The van der Waals surface area contributed by atoms with Crippen LogP contribution >= 0.6 is 35.0 Å². The molecule has 0 atom stereocenters. The number of benzene rings is 1. The van der Waals surface area contributed by atoms with Crippen molar-refractivity contribution in [2.75, 3.05) is 6.26 Å². The lowest BCUT2D eigenvalue weighted by Gasteiger charge is -2.08. The van der Waals surface area contributed by atoms with Gasteiger partial charge in [0.15, 0.2) is 5.16 Å². The van der Waals surface area contributed by atoms with Gasteiger partial charge in [-0.05, 0) is 36.9 Å². The van der Waals surface area contributed by atoms with Crippen molar-refractivity contribution in [1.29, 1.82) is 0 Å². The second-order valence-electron chi connectivity index (χ2n) is 4.38. The van der Waals surface area contributed by atoms with E-state index in [2.05, 4.69) is 15.0 Å². The molecule has 2 heterocycles. The zero-order chi connectivity index (χ0) is 14.3. The van der Waals surface area contributed by atoms with Gasteiger partial charge in [0, 0.05) is 22.2 Å². The molecule has 0 amide bonds. The summed E-state index contributed by atoms with van der Waals surface area (Å²) in [6, 6.07) is 5.44. The van der Waals surface area contributed by atoms with Crippen LogP contribution in [0.25, 0.3) is 22.3 Å². The predicted molar refractivity (Wildman–Crippen MR) is 85.9 cm³/mol. The van der Waals surface area contributed by atoms with Gasteiger partial charge in [0.2, 0.25) is 0 Å². The normalized spacial score (nSPS) is 11.2. The molecule has 0 fully saturated rings. The van der Waals surface area contributed by atoms with Gasteiger partial charge in [0.05, 0.1) is 10.7 Å². The standard InChI is InChI=1S/C14H11Cl2N3S/c1-7-6-17-13-11(7)12(18-14(19-13)20-2)9-4-3-8(15)5-10(9)16/h3-6H,1-2H3,(H,17,18,19). The average Bonchev–Trinajstić information content (AvgIpc) is 2.80. The average molecular weight is 324 g/mol. The van der Waals surface area contributed by atoms with E-state index in [-0.39, 0.29) is 0 Å². The molecular weight excluding hydrogens is 313 g/mol. The van der Waals surface area contributed by atoms with E-state index in [4.69, 9.17) is 23.2 Å². The van der Waals surface area contributed by atoms with Crippen molar-refractivity contribution in [3.8, 4) is 11.3 Å². The van der Waals surface area contributed by atoms with Crippen LogP contribution in [0.4, 0.5) is 0 Å². The number of aromatic nitrogens is 3. The van der Waals surface area contributed by atoms with Gasteiger partial charge in [-0.15, -0.1) is 0 Å². The highest BCUT2D eigenvalue weighted by atomic mass is 35.5. The lowest BCUT2D eigenvalue weighted by atomic mass is 10.1. The minimum Gasteiger partial charge on any atom is -0.346 e. The van der Waals surface area contributed by atoms with Crippen LogP contribution in [0.3, 0.4) is 0 Å². The van der Waals surface area contributed by atoms with Crippen molar-refractivity contribution >= 4 is 46.0 Å². The maximum absolute atomic E-state index is 6.32. The number of halogens is 2. The fraction of sp³-hybridized carbons (Fsp3) is 0.143. The van der Waals surface area contributed by atoms with Gasteiger partial charge in [-0.3, -0.25) is 0 Å². The first-order valence-corrected chi connectivity index (χ1v) is 7.93. The summed E-state index contributed by atoms with van der Waals surface area (Å²) in [5.74, 6) is 0. The summed E-state index contributed by atoms with van der Waals surface area (Å²) < 4.78 is 0. The molecule has 6 heteroatoms. The van der Waals surface area contributed by atoms with Gasteiger partial charge in [0.1, 0.15) is 5.65 Å². The Bertz CT molecular complexity index is 798. The Kier molecular flexibility index (Phi) is 3.63. The molecule has 0 bridgehead atoms. The van der Waals surface area contributed by atoms with Gasteiger partial charge in [-0.25, -0.2) is 9.97 Å². The molecule has 2 aromatic heterocycles. The van der Waals surface area contributed by atoms with Crippen molar-refractivity contribution in [3.05, 3.63) is 40.0 Å². The van der Waals surface area contributed by atoms with Gasteiger partial charge in [-0.1, -0.05) is 35.0 Å². The summed E-state index contributed by atoms with van der Waals surface area (Å²) in [4.78, 5) is 12.3. The summed E-state index contributed by atoms with van der Waals surface area (Å²) in [7, 11) is 0. The number of aryl methyl sites for hydroxylation is 1. The van der Waals surface area contributed by atoms with E-state index < -0.39 is 0 Å². The van der Waals surface area contributed by atoms with Gasteiger partial charge < -0.3 is 4.98 Å². The number of nitrogens with zero attached hydrogens (tertiary/aromatic N) is 2. The number of nitrogens with one attached hydrogen (secondary N) is 1. The molecule has 0 spiro atoms. The van der Waals surface area contributed by atoms with E-state index in [0.717, 1.165) is 27.9 Å². The van der Waals surface area contributed by atoms with Crippen LogP contribution in [0.15, 0.2) is 29.6 Å². The first-order chi connectivity index (χ1) is 9.60. The molecule has 1 aromatic carbocycles. The van der Waals surface area contributed by atoms with Crippen LogP contribution in [-0.2, 0) is 0 Å². The highest BCUT2D eigenvalue weighted by molar-refractivity contribution is 7.98. The Hall–Kier alpha value is -1.23. The zero-order valence-electron chi connectivity index (χ0n) is 10.9. The van der Waals surface area contributed by atoms with E-state index in [1.54, 1.807) is 6.07 Å². The number of thioether (sulfide) groups is 1. The molecule has 0 unspecified atom stereocenters. The monoisotopic (exact) mass is 323 g/mol. The first-order valence-electron chi connectivity index (χ1n) is 5.95. The molecule has 0 aliphatic carbocycles. The third-order valence-corrected chi connectivity index (χ3v) is 4.17. The van der Waals surface area contributed by atoms with E-state index in [1.165, 1.54) is 11.8 Å². The van der Waals surface area contributed by atoms with Crippen molar-refractivity contribution < 1.29 is 0 Å². The minimum atomic E-state index is 0.588. The number of fused-ring (bicyclic) bond motifs is 1. The van der Waals surface area contributed by atoms with Gasteiger partial charge >= 0.3 is 0 Å². The summed E-state index contributed by atoms with van der Waals surface area (Å²) in [6.45, 7) is 2.02. The molecule has 0 saturated heterocycles. The van der Waals surface area contributed by atoms with E-state index in [1.807, 2.05) is 31.5 Å². The SMILES string of the molecule is CSc1nc(-c2ccc(Cl)cc2Cl)c2c(C)c[nH]c2n1. The Labute approximate surface area is 130 Å². The topological polar surface area (TPSA) is 41.6 Å². The smallest absolute Gasteiger partial charge is 0.189 e. The first kappa shape index (κ1) is 13.7. The Morgan fingerprint density at radius 3 is 2.70 bits per heavy atom. The second kappa shape index (κ2) is 5.28. The zero-order valence-corrected chi connectivity index (χ0v) is 13.2. The molecular formula is C14H11Cl2N3S. The number of hydrogen-bond acceptors (Lipinski definition) is 3. The maximum atomic E-state index is 6.32. The number of aromatic amines is 1. The van der Waals surface area contributed by atoms with Crippen LogP contribution in [0.1, 0.15) is 5.56 Å². The van der Waals surface area contributed by atoms with Gasteiger partial charge in [0.25, 0.3) is 0 Å². The molecule has 0 saturated carbocycles. The van der Waals surface area contributed by atoms with Crippen LogP contribution in [-0.4, -0.2) is 21.2 Å². The number of rotatable bonds is 2. The Balaban J connectivity index is 2.36. The summed E-state index contributed by atoms with van der Waals surface area (Å²) in [6.07, 6.45) is 3.88. The molecule has 3 aromatic rings. The summed E-state index contributed by atoms with van der Waals surface area (Å²) >= 11 is 13.8. The van der Waals surface area contributed by atoms with E-state index in [9.17, 15) is 0 Å². The van der Waals surface area contributed by atoms with E-state index in [0.29, 0.717) is 15.2 Å². The molecule has 0 radical (unpaired) electrons. The van der Waals surface area contributed by atoms with Crippen molar-refractivity contribution in [2.45, 2.75) is 12.1 Å². The summed E-state index contributed by atoms with van der Waals surface area (Å²) in [5, 5.41) is 2.90. The quantitative estimate of drug-likeness (QED) is 0.535. The van der Waals surface area contributed by atoms with Gasteiger partial charge in [-0.2, -0.15) is 0 Å². The molecule has 20 heavy (non-hydrogen) atoms. The van der Waals surface area contributed by atoms with Crippen molar-refractivity contribution in [3.63, 3.8) is 0 Å². The largest absolute Gasteiger partial charge is 0.346 e. The molecule has 0 aliphatic rings. The highest BCUT2D eigenvalue weighted by Gasteiger charge is 2.15. The van der Waals surface area contributed by atoms with Crippen LogP contribution in [0.2, 0.25) is 10.0 Å². The van der Waals surface area contributed by atoms with Crippen LogP contribution in [0, 0.1) is 6.92 Å². The van der Waals surface area contributed by atoms with Crippen molar-refractivity contribution in [2.24, 2.45) is 0 Å². The van der Waals surface area contributed by atoms with Crippen LogP contribution in [0.5, 0.6) is 0 Å². The third-order valence-electron chi connectivity index (χ3n) is 3.08. The highest BCUT2D eigenvalue weighted by Crippen LogP contribution is 2.35. The van der Waals surface area contributed by atoms with E-state index >= 15 is 0 Å². The number of hydrogen-bond donors (Lipinski definition) is 1. The molecule has 3 rings (SSSR count). The number of H-pyrrole nitrogens is 1. The molecule has 102 valence electrons. The third kappa shape index (κ3) is 2.28. The van der Waals surface area contributed by atoms with Crippen LogP contribution < -0.4 is 0 Å². The fourth-order valence-electron chi connectivity index (χ4n) is 2.13. The predicted octanol–water partition coefficient (Wildman–Crippen LogP) is 4.96. The lowest BCUT2D eigenvalue weighted by Crippen LogP contribution is -1.93. The molecule has 0 aliphatic heterocycles. The maximum Gasteiger partial charge on any atom is 0.189 e. The van der Waals surface area contributed by atoms with Crippen molar-refractivity contribution in [1.82, 2.24) is 15.0 Å². The Morgan fingerprint density at radius 1 is 1.20 bits per heavy atom. The molecule has 3 nitrogen and oxygen atoms in total. The fourth-order valence-corrected chi connectivity index (χ4v) is 3.00. The minimum absolute atomic E-state index is 0.588. The summed E-state index contributed by atoms with van der Waals surface area (Å²) in [5.41, 5.74) is 3.61. The Morgan fingerprint density at radius 2 is 2.00 bits per heavy atom. The second-order valence-corrected chi connectivity index (χ2v) is 6.00. The molecule has 1 N–H and O–H groups in total.